The first-order chi connectivity index (χ1) is 7.25. The highest BCUT2D eigenvalue weighted by Gasteiger charge is 2.16. The van der Waals surface area contributed by atoms with Gasteiger partial charge in [0.05, 0.1) is 12.3 Å². The smallest absolute Gasteiger partial charge is 0.220 e. The predicted octanol–water partition coefficient (Wildman–Crippen LogP) is 0.766. The molecule has 0 saturated carbocycles. The number of aromatic nitrogens is 2. The van der Waals surface area contributed by atoms with Crippen molar-refractivity contribution in [3.63, 3.8) is 0 Å². The average molecular weight is 208 g/mol. The van der Waals surface area contributed by atoms with Gasteiger partial charge in [-0.1, -0.05) is 0 Å². The number of rotatable bonds is 1. The number of anilines is 1. The van der Waals surface area contributed by atoms with Gasteiger partial charge in [0.15, 0.2) is 0 Å². The van der Waals surface area contributed by atoms with E-state index in [1.165, 1.54) is 0 Å². The van der Waals surface area contributed by atoms with Gasteiger partial charge < -0.3 is 10.6 Å². The van der Waals surface area contributed by atoms with Gasteiger partial charge in [-0.15, -0.1) is 0 Å². The molecule has 0 spiro atoms. The molecule has 1 atom stereocenters. The summed E-state index contributed by atoms with van der Waals surface area (Å²) in [6.45, 7) is 3.48. The molecule has 1 saturated heterocycles. The molecule has 0 aliphatic carbocycles. The second kappa shape index (κ2) is 4.55. The van der Waals surface area contributed by atoms with Gasteiger partial charge in [-0.05, 0) is 25.8 Å². The van der Waals surface area contributed by atoms with Gasteiger partial charge in [-0.2, -0.15) is 0 Å². The van der Waals surface area contributed by atoms with Gasteiger partial charge in [0.2, 0.25) is 5.95 Å². The number of nitrogens with two attached hydrogens (primary N) is 1. The Morgan fingerprint density at radius 2 is 2.40 bits per heavy atom. The lowest BCUT2D eigenvalue weighted by Crippen LogP contribution is -2.19. The largest absolute Gasteiger partial charge is 0.368 e. The average Bonchev–Trinajstić information content (AvgIpc) is 2.43. The molecular weight excluding hydrogens is 192 g/mol. The molecule has 3 N–H and O–H groups in total. The quantitative estimate of drug-likeness (QED) is 0.713. The van der Waals surface area contributed by atoms with E-state index in [4.69, 9.17) is 10.6 Å². The Morgan fingerprint density at radius 1 is 1.53 bits per heavy atom. The van der Waals surface area contributed by atoms with Crippen molar-refractivity contribution >= 4 is 5.95 Å². The van der Waals surface area contributed by atoms with E-state index in [0.29, 0.717) is 11.9 Å². The van der Waals surface area contributed by atoms with Crippen molar-refractivity contribution in [2.24, 2.45) is 0 Å². The number of hydrogen-bond acceptors (Lipinski definition) is 5. The third kappa shape index (κ3) is 2.64. The summed E-state index contributed by atoms with van der Waals surface area (Å²) in [7, 11) is 0. The van der Waals surface area contributed by atoms with Crippen LogP contribution in [0, 0.1) is 6.92 Å². The maximum Gasteiger partial charge on any atom is 0.220 e. The van der Waals surface area contributed by atoms with Crippen LogP contribution >= 0.6 is 0 Å². The van der Waals surface area contributed by atoms with Gasteiger partial charge in [-0.25, -0.2) is 15.4 Å². The first-order valence-electron chi connectivity index (χ1n) is 5.21. The van der Waals surface area contributed by atoms with E-state index >= 15 is 0 Å². The van der Waals surface area contributed by atoms with Gasteiger partial charge in [0.1, 0.15) is 0 Å². The maximum absolute atomic E-state index is 5.63. The number of nitrogens with zero attached hydrogens (tertiary/aromatic N) is 2. The van der Waals surface area contributed by atoms with Crippen LogP contribution in [0.5, 0.6) is 0 Å². The van der Waals surface area contributed by atoms with Crippen molar-refractivity contribution in [3.05, 3.63) is 17.5 Å². The third-order valence-electron chi connectivity index (χ3n) is 2.54. The molecule has 1 aromatic rings. The molecular formula is C10H16N4O. The Morgan fingerprint density at radius 3 is 3.20 bits per heavy atom. The summed E-state index contributed by atoms with van der Waals surface area (Å²) in [5.41, 5.74) is 10.5. The lowest BCUT2D eigenvalue weighted by Gasteiger charge is -2.13. The molecule has 2 heterocycles. The van der Waals surface area contributed by atoms with Crippen molar-refractivity contribution in [2.75, 3.05) is 18.9 Å². The van der Waals surface area contributed by atoms with Gasteiger partial charge in [0, 0.05) is 18.2 Å². The van der Waals surface area contributed by atoms with Crippen LogP contribution < -0.4 is 11.2 Å². The minimum Gasteiger partial charge on any atom is -0.368 e. The highest BCUT2D eigenvalue weighted by Crippen LogP contribution is 2.21. The first-order valence-corrected chi connectivity index (χ1v) is 5.21. The Hall–Kier alpha value is -1.20. The summed E-state index contributed by atoms with van der Waals surface area (Å²) < 4.78 is 0. The summed E-state index contributed by atoms with van der Waals surface area (Å²) in [6.07, 6.45) is 2.11. The molecule has 1 aromatic heterocycles. The Bertz CT molecular complexity index is 314. The zero-order valence-electron chi connectivity index (χ0n) is 8.86. The molecule has 5 heteroatoms. The minimum atomic E-state index is 0.357. The van der Waals surface area contributed by atoms with Crippen LogP contribution in [0.15, 0.2) is 6.07 Å². The SMILES string of the molecule is Cc1cc(C2CCCONC2)nc(N)n1. The van der Waals surface area contributed by atoms with E-state index < -0.39 is 0 Å². The number of nitrogen functional groups attached to an aromatic ring is 1. The lowest BCUT2D eigenvalue weighted by molar-refractivity contribution is 0.0512. The van der Waals surface area contributed by atoms with Crippen LogP contribution in [0.4, 0.5) is 5.95 Å². The Kier molecular flexibility index (Phi) is 3.13. The molecule has 0 amide bonds. The molecule has 1 fully saturated rings. The third-order valence-corrected chi connectivity index (χ3v) is 2.54. The van der Waals surface area contributed by atoms with Gasteiger partial charge >= 0.3 is 0 Å². The van der Waals surface area contributed by atoms with Crippen LogP contribution in [0.3, 0.4) is 0 Å². The van der Waals surface area contributed by atoms with E-state index in [1.807, 2.05) is 13.0 Å². The molecule has 15 heavy (non-hydrogen) atoms. The highest BCUT2D eigenvalue weighted by molar-refractivity contribution is 5.24. The maximum atomic E-state index is 5.63. The summed E-state index contributed by atoms with van der Waals surface area (Å²) in [5.74, 6) is 0.728. The van der Waals surface area contributed by atoms with Crippen LogP contribution in [0.25, 0.3) is 0 Å². The minimum absolute atomic E-state index is 0.357. The Balaban J connectivity index is 2.19. The predicted molar refractivity (Wildman–Crippen MR) is 57.1 cm³/mol. The van der Waals surface area contributed by atoms with E-state index in [0.717, 1.165) is 37.4 Å². The van der Waals surface area contributed by atoms with E-state index in [2.05, 4.69) is 15.4 Å². The summed E-state index contributed by atoms with van der Waals surface area (Å²) in [5, 5.41) is 0. The highest BCUT2D eigenvalue weighted by atomic mass is 16.6. The van der Waals surface area contributed by atoms with Crippen molar-refractivity contribution in [1.29, 1.82) is 0 Å². The molecule has 0 bridgehead atoms. The van der Waals surface area contributed by atoms with Crippen LogP contribution in [-0.2, 0) is 4.84 Å². The number of nitrogens with one attached hydrogen (secondary N) is 1. The lowest BCUT2D eigenvalue weighted by atomic mass is 9.99. The van der Waals surface area contributed by atoms with Crippen molar-refractivity contribution in [2.45, 2.75) is 25.7 Å². The summed E-state index contributed by atoms with van der Waals surface area (Å²) in [6, 6.07) is 1.99. The van der Waals surface area contributed by atoms with Gasteiger partial charge in [0.25, 0.3) is 0 Å². The fraction of sp³-hybridized carbons (Fsp3) is 0.600. The van der Waals surface area contributed by atoms with Crippen molar-refractivity contribution < 1.29 is 4.84 Å². The number of hydrogen-bond donors (Lipinski definition) is 2. The molecule has 1 aliphatic rings. The normalized spacial score (nSPS) is 22.3. The zero-order valence-corrected chi connectivity index (χ0v) is 8.86. The van der Waals surface area contributed by atoms with E-state index in [1.54, 1.807) is 0 Å². The topological polar surface area (TPSA) is 73.1 Å². The molecule has 1 unspecified atom stereocenters. The number of aryl methyl sites for hydroxylation is 1. The molecule has 1 aliphatic heterocycles. The molecule has 0 aromatic carbocycles. The van der Waals surface area contributed by atoms with Crippen LogP contribution in [0.1, 0.15) is 30.1 Å². The van der Waals surface area contributed by atoms with E-state index in [9.17, 15) is 0 Å². The molecule has 0 radical (unpaired) electrons. The van der Waals surface area contributed by atoms with E-state index in [-0.39, 0.29) is 0 Å². The monoisotopic (exact) mass is 208 g/mol. The van der Waals surface area contributed by atoms with Crippen molar-refractivity contribution in [1.82, 2.24) is 15.4 Å². The second-order valence-electron chi connectivity index (χ2n) is 3.83. The fourth-order valence-electron chi connectivity index (χ4n) is 1.81. The molecule has 2 rings (SSSR count). The number of hydroxylamine groups is 1. The van der Waals surface area contributed by atoms with Gasteiger partial charge in [-0.3, -0.25) is 0 Å². The van der Waals surface area contributed by atoms with Crippen LogP contribution in [-0.4, -0.2) is 23.1 Å². The summed E-state index contributed by atoms with van der Waals surface area (Å²) >= 11 is 0. The first kappa shape index (κ1) is 10.3. The standard InChI is InChI=1S/C10H16N4O/c1-7-5-9(14-10(11)13-7)8-3-2-4-15-12-6-8/h5,8,12H,2-4,6H2,1H3,(H2,11,13,14). The summed E-state index contributed by atoms with van der Waals surface area (Å²) in [4.78, 5) is 13.5. The second-order valence-corrected chi connectivity index (χ2v) is 3.83. The van der Waals surface area contributed by atoms with Crippen LogP contribution in [0.2, 0.25) is 0 Å². The Labute approximate surface area is 89.0 Å². The zero-order chi connectivity index (χ0) is 10.7. The van der Waals surface area contributed by atoms with Crippen molar-refractivity contribution in [3.8, 4) is 0 Å². The molecule has 5 nitrogen and oxygen atoms in total. The molecule has 82 valence electrons. The fourth-order valence-corrected chi connectivity index (χ4v) is 1.81.